The summed E-state index contributed by atoms with van der Waals surface area (Å²) in [5, 5.41) is 3.18. The number of unbranched alkanes of at least 4 members (excludes halogenated alkanes) is 1. The molecule has 29 heavy (non-hydrogen) atoms. The van der Waals surface area contributed by atoms with Crippen molar-refractivity contribution in [2.24, 2.45) is 0 Å². The van der Waals surface area contributed by atoms with Crippen LogP contribution >= 0.6 is 12.2 Å². The normalized spacial score (nSPS) is 10.2. The summed E-state index contributed by atoms with van der Waals surface area (Å²) in [6.07, 6.45) is 1.98. The maximum atomic E-state index is 12.9. The van der Waals surface area contributed by atoms with Crippen molar-refractivity contribution in [1.29, 1.82) is 0 Å². The number of rotatable bonds is 9. The molecule has 0 aromatic heterocycles. The summed E-state index contributed by atoms with van der Waals surface area (Å²) in [6, 6.07) is 11.1. The van der Waals surface area contributed by atoms with Crippen LogP contribution in [-0.4, -0.2) is 24.2 Å². The second-order valence-corrected chi connectivity index (χ2v) is 6.59. The van der Waals surface area contributed by atoms with E-state index in [0.29, 0.717) is 36.8 Å². The molecule has 0 fully saturated rings. The number of amides is 1. The number of hydrogen-bond donors (Lipinski definition) is 3. The van der Waals surface area contributed by atoms with Crippen LogP contribution in [0.25, 0.3) is 0 Å². The van der Waals surface area contributed by atoms with Gasteiger partial charge in [0.25, 0.3) is 5.91 Å². The predicted molar refractivity (Wildman–Crippen MR) is 114 cm³/mol. The zero-order valence-electron chi connectivity index (χ0n) is 16.6. The number of benzene rings is 2. The lowest BCUT2D eigenvalue weighted by Gasteiger charge is -2.14. The zero-order chi connectivity index (χ0) is 21.1. The minimum absolute atomic E-state index is 0.243. The minimum atomic E-state index is -0.364. The first-order valence-corrected chi connectivity index (χ1v) is 9.92. The Labute approximate surface area is 175 Å². The summed E-state index contributed by atoms with van der Waals surface area (Å²) in [4.78, 5) is 12.4. The largest absolute Gasteiger partial charge is 0.490 e. The Bertz CT molecular complexity index is 815. The Morgan fingerprint density at radius 1 is 1.03 bits per heavy atom. The molecule has 0 aliphatic heterocycles. The van der Waals surface area contributed by atoms with Crippen LogP contribution in [-0.2, 0) is 6.54 Å². The lowest BCUT2D eigenvalue weighted by atomic mass is 10.2. The molecule has 0 spiro atoms. The van der Waals surface area contributed by atoms with E-state index >= 15 is 0 Å². The monoisotopic (exact) mass is 419 g/mol. The molecular weight excluding hydrogens is 393 g/mol. The van der Waals surface area contributed by atoms with E-state index in [0.717, 1.165) is 18.4 Å². The first-order valence-electron chi connectivity index (χ1n) is 9.51. The number of ether oxygens (including phenoxy) is 2. The lowest BCUT2D eigenvalue weighted by molar-refractivity contribution is 0.0943. The fourth-order valence-electron chi connectivity index (χ4n) is 2.38. The van der Waals surface area contributed by atoms with E-state index in [4.69, 9.17) is 21.7 Å². The number of carbonyl (C=O) groups is 1. The molecule has 0 saturated heterocycles. The van der Waals surface area contributed by atoms with Crippen LogP contribution in [0, 0.1) is 5.82 Å². The van der Waals surface area contributed by atoms with Gasteiger partial charge in [-0.3, -0.25) is 15.6 Å². The SMILES string of the molecule is CCCCOc1ccc(C(=O)NNC(=S)NCc2ccc(F)cc2)cc1OCC. The summed E-state index contributed by atoms with van der Waals surface area (Å²) < 4.78 is 24.2. The van der Waals surface area contributed by atoms with Crippen molar-refractivity contribution in [2.75, 3.05) is 13.2 Å². The van der Waals surface area contributed by atoms with Gasteiger partial charge in [-0.2, -0.15) is 0 Å². The first-order chi connectivity index (χ1) is 14.0. The van der Waals surface area contributed by atoms with Crippen LogP contribution < -0.4 is 25.6 Å². The second-order valence-electron chi connectivity index (χ2n) is 6.18. The van der Waals surface area contributed by atoms with Gasteiger partial charge in [-0.1, -0.05) is 25.5 Å². The highest BCUT2D eigenvalue weighted by Gasteiger charge is 2.12. The molecule has 0 aliphatic rings. The van der Waals surface area contributed by atoms with Gasteiger partial charge in [0.1, 0.15) is 5.82 Å². The van der Waals surface area contributed by atoms with Crippen molar-refractivity contribution in [3.8, 4) is 11.5 Å². The van der Waals surface area contributed by atoms with E-state index in [1.165, 1.54) is 12.1 Å². The summed E-state index contributed by atoms with van der Waals surface area (Å²) in [5.74, 6) is 0.474. The van der Waals surface area contributed by atoms with Crippen molar-refractivity contribution in [3.63, 3.8) is 0 Å². The number of hydrogen-bond acceptors (Lipinski definition) is 4. The van der Waals surface area contributed by atoms with E-state index < -0.39 is 0 Å². The van der Waals surface area contributed by atoms with Crippen LogP contribution in [0.15, 0.2) is 42.5 Å². The number of hydrazine groups is 1. The van der Waals surface area contributed by atoms with Gasteiger partial charge < -0.3 is 14.8 Å². The molecule has 2 aromatic carbocycles. The Hall–Kier alpha value is -2.87. The maximum absolute atomic E-state index is 12.9. The van der Waals surface area contributed by atoms with Gasteiger partial charge >= 0.3 is 0 Å². The second kappa shape index (κ2) is 11.9. The van der Waals surface area contributed by atoms with E-state index in [9.17, 15) is 9.18 Å². The number of nitrogens with one attached hydrogen (secondary N) is 3. The quantitative estimate of drug-likeness (QED) is 0.327. The van der Waals surface area contributed by atoms with Gasteiger partial charge in [0.15, 0.2) is 16.6 Å². The third kappa shape index (κ3) is 7.57. The molecule has 0 heterocycles. The van der Waals surface area contributed by atoms with Crippen molar-refractivity contribution in [2.45, 2.75) is 33.2 Å². The fraction of sp³-hybridized carbons (Fsp3) is 0.333. The summed E-state index contributed by atoms with van der Waals surface area (Å²) in [6.45, 7) is 5.42. The highest BCUT2D eigenvalue weighted by molar-refractivity contribution is 7.80. The van der Waals surface area contributed by atoms with Gasteiger partial charge in [0, 0.05) is 12.1 Å². The molecule has 0 saturated carbocycles. The van der Waals surface area contributed by atoms with Crippen LogP contribution in [0.3, 0.4) is 0 Å². The Kier molecular flexibility index (Phi) is 9.17. The van der Waals surface area contributed by atoms with Crippen LogP contribution in [0.5, 0.6) is 11.5 Å². The molecule has 8 heteroatoms. The van der Waals surface area contributed by atoms with Crippen LogP contribution in [0.1, 0.15) is 42.6 Å². The molecule has 0 radical (unpaired) electrons. The van der Waals surface area contributed by atoms with Crippen LogP contribution in [0.2, 0.25) is 0 Å². The van der Waals surface area contributed by atoms with E-state index in [2.05, 4.69) is 23.1 Å². The highest BCUT2D eigenvalue weighted by Crippen LogP contribution is 2.28. The van der Waals surface area contributed by atoms with Crippen molar-refractivity contribution in [3.05, 3.63) is 59.4 Å². The Balaban J connectivity index is 1.87. The van der Waals surface area contributed by atoms with Gasteiger partial charge in [-0.05, 0) is 61.5 Å². The molecule has 6 nitrogen and oxygen atoms in total. The number of halogens is 1. The summed E-state index contributed by atoms with van der Waals surface area (Å²) in [5.41, 5.74) is 6.45. The van der Waals surface area contributed by atoms with E-state index in [1.54, 1.807) is 30.3 Å². The average molecular weight is 420 g/mol. The molecule has 2 aromatic rings. The van der Waals surface area contributed by atoms with Gasteiger partial charge in [0.05, 0.1) is 13.2 Å². The van der Waals surface area contributed by atoms with E-state index in [-0.39, 0.29) is 16.8 Å². The smallest absolute Gasteiger partial charge is 0.269 e. The van der Waals surface area contributed by atoms with Gasteiger partial charge in [0.2, 0.25) is 0 Å². The zero-order valence-corrected chi connectivity index (χ0v) is 17.4. The van der Waals surface area contributed by atoms with Crippen molar-refractivity contribution >= 4 is 23.2 Å². The molecule has 3 N–H and O–H groups in total. The first kappa shape index (κ1) is 22.4. The lowest BCUT2D eigenvalue weighted by Crippen LogP contribution is -2.46. The summed E-state index contributed by atoms with van der Waals surface area (Å²) in [7, 11) is 0. The standard InChI is InChI=1S/C21H26FN3O3S/c1-3-5-12-28-18-11-8-16(13-19(18)27-4-2)20(26)24-25-21(29)23-14-15-6-9-17(22)10-7-15/h6-11,13H,3-5,12,14H2,1-2H3,(H,24,26)(H2,23,25,29). The van der Waals surface area contributed by atoms with Gasteiger partial charge in [-0.15, -0.1) is 0 Å². The molecule has 0 unspecified atom stereocenters. The summed E-state index contributed by atoms with van der Waals surface area (Å²) >= 11 is 5.14. The predicted octanol–water partition coefficient (Wildman–Crippen LogP) is 3.71. The topological polar surface area (TPSA) is 71.6 Å². The third-order valence-corrected chi connectivity index (χ3v) is 4.16. The van der Waals surface area contributed by atoms with Crippen LogP contribution in [0.4, 0.5) is 4.39 Å². The maximum Gasteiger partial charge on any atom is 0.269 e. The van der Waals surface area contributed by atoms with E-state index in [1.807, 2.05) is 6.92 Å². The van der Waals surface area contributed by atoms with Crippen molar-refractivity contribution < 1.29 is 18.7 Å². The molecule has 2 rings (SSSR count). The molecule has 156 valence electrons. The van der Waals surface area contributed by atoms with Crippen molar-refractivity contribution in [1.82, 2.24) is 16.2 Å². The molecule has 1 amide bonds. The molecule has 0 aliphatic carbocycles. The molecular formula is C21H26FN3O3S. The fourth-order valence-corrected chi connectivity index (χ4v) is 2.50. The molecule has 0 atom stereocenters. The Morgan fingerprint density at radius 3 is 2.48 bits per heavy atom. The minimum Gasteiger partial charge on any atom is -0.490 e. The number of carbonyl (C=O) groups excluding carboxylic acids is 1. The third-order valence-electron chi connectivity index (χ3n) is 3.92. The number of thiocarbonyl (C=S) groups is 1. The molecule has 0 bridgehead atoms. The highest BCUT2D eigenvalue weighted by atomic mass is 32.1. The Morgan fingerprint density at radius 2 is 1.79 bits per heavy atom. The van der Waals surface area contributed by atoms with Gasteiger partial charge in [-0.25, -0.2) is 4.39 Å². The average Bonchev–Trinajstić information content (AvgIpc) is 2.73.